The molecule has 0 aliphatic heterocycles. The minimum Gasteiger partial charge on any atom is -0.333 e. The van der Waals surface area contributed by atoms with Gasteiger partial charge in [0.1, 0.15) is 11.3 Å². The number of amides is 1. The number of pyridine rings is 1. The first-order valence-corrected chi connectivity index (χ1v) is 8.50. The van der Waals surface area contributed by atoms with Gasteiger partial charge in [-0.2, -0.15) is 18.2 Å². The van der Waals surface area contributed by atoms with E-state index in [2.05, 4.69) is 4.99 Å². The van der Waals surface area contributed by atoms with Crippen LogP contribution in [0, 0.1) is 5.82 Å². The lowest BCUT2D eigenvalue weighted by Crippen LogP contribution is -2.23. The van der Waals surface area contributed by atoms with Gasteiger partial charge in [0.05, 0.1) is 11.1 Å². The SMILES string of the molecule is O=C(N=c1ccccn1CCc1ccccc1)c1cccc(C(F)(F)F)c1F. The zero-order valence-electron chi connectivity index (χ0n) is 14.7. The highest BCUT2D eigenvalue weighted by atomic mass is 19.4. The molecule has 0 spiro atoms. The highest BCUT2D eigenvalue weighted by Gasteiger charge is 2.35. The van der Waals surface area contributed by atoms with E-state index < -0.39 is 29.0 Å². The van der Waals surface area contributed by atoms with Gasteiger partial charge >= 0.3 is 6.18 Å². The van der Waals surface area contributed by atoms with Crippen molar-refractivity contribution in [3.05, 3.63) is 101 Å². The number of hydrogen-bond donors (Lipinski definition) is 0. The molecule has 3 aromatic rings. The van der Waals surface area contributed by atoms with Crippen molar-refractivity contribution in [1.82, 2.24) is 4.57 Å². The Morgan fingerprint density at radius 2 is 1.64 bits per heavy atom. The first kappa shape index (κ1) is 19.5. The summed E-state index contributed by atoms with van der Waals surface area (Å²) in [7, 11) is 0. The summed E-state index contributed by atoms with van der Waals surface area (Å²) < 4.78 is 54.5. The van der Waals surface area contributed by atoms with Crippen LogP contribution in [-0.2, 0) is 19.1 Å². The lowest BCUT2D eigenvalue weighted by Gasteiger charge is -2.10. The van der Waals surface area contributed by atoms with Crippen LogP contribution in [0.5, 0.6) is 0 Å². The molecular weight excluding hydrogens is 372 g/mol. The van der Waals surface area contributed by atoms with E-state index in [4.69, 9.17) is 0 Å². The average molecular weight is 388 g/mol. The van der Waals surface area contributed by atoms with E-state index in [1.807, 2.05) is 30.3 Å². The Morgan fingerprint density at radius 1 is 0.929 bits per heavy atom. The van der Waals surface area contributed by atoms with E-state index in [9.17, 15) is 22.4 Å². The maximum Gasteiger partial charge on any atom is 0.419 e. The van der Waals surface area contributed by atoms with Gasteiger partial charge in [0.15, 0.2) is 0 Å². The highest BCUT2D eigenvalue weighted by molar-refractivity contribution is 5.95. The summed E-state index contributed by atoms with van der Waals surface area (Å²) in [4.78, 5) is 16.2. The molecule has 0 aliphatic carbocycles. The number of carbonyl (C=O) groups is 1. The minimum atomic E-state index is -4.89. The molecule has 0 saturated carbocycles. The fourth-order valence-electron chi connectivity index (χ4n) is 2.73. The molecule has 2 aromatic carbocycles. The molecule has 144 valence electrons. The van der Waals surface area contributed by atoms with E-state index in [0.717, 1.165) is 17.7 Å². The Kier molecular flexibility index (Phi) is 5.73. The smallest absolute Gasteiger partial charge is 0.333 e. The number of alkyl halides is 3. The Bertz CT molecular complexity index is 1040. The van der Waals surface area contributed by atoms with Gasteiger partial charge in [-0.3, -0.25) is 4.79 Å². The van der Waals surface area contributed by atoms with E-state index in [0.29, 0.717) is 19.0 Å². The standard InChI is InChI=1S/C21H16F4N2O/c22-19-16(9-6-10-17(19)21(23,24)25)20(28)26-18-11-4-5-13-27(18)14-12-15-7-2-1-3-8-15/h1-11,13H,12,14H2. The van der Waals surface area contributed by atoms with Crippen molar-refractivity contribution in [3.63, 3.8) is 0 Å². The summed E-state index contributed by atoms with van der Waals surface area (Å²) in [6.45, 7) is 0.502. The predicted molar refractivity (Wildman–Crippen MR) is 95.9 cm³/mol. The Labute approximate surface area is 158 Å². The summed E-state index contributed by atoms with van der Waals surface area (Å²) >= 11 is 0. The van der Waals surface area contributed by atoms with Crippen molar-refractivity contribution in [3.8, 4) is 0 Å². The van der Waals surface area contributed by atoms with Crippen molar-refractivity contribution in [2.24, 2.45) is 4.99 Å². The van der Waals surface area contributed by atoms with Crippen LogP contribution in [0.15, 0.2) is 77.9 Å². The monoisotopic (exact) mass is 388 g/mol. The van der Waals surface area contributed by atoms with Crippen molar-refractivity contribution in [1.29, 1.82) is 0 Å². The average Bonchev–Trinajstić information content (AvgIpc) is 2.67. The van der Waals surface area contributed by atoms with Crippen LogP contribution in [0.25, 0.3) is 0 Å². The molecule has 1 aromatic heterocycles. The molecule has 3 nitrogen and oxygen atoms in total. The van der Waals surface area contributed by atoms with Crippen molar-refractivity contribution >= 4 is 5.91 Å². The third-order valence-electron chi connectivity index (χ3n) is 4.15. The lowest BCUT2D eigenvalue weighted by molar-refractivity contribution is -0.140. The topological polar surface area (TPSA) is 34.4 Å². The number of hydrogen-bond acceptors (Lipinski definition) is 1. The quantitative estimate of drug-likeness (QED) is 0.600. The Morgan fingerprint density at radius 3 is 2.36 bits per heavy atom. The molecule has 28 heavy (non-hydrogen) atoms. The lowest BCUT2D eigenvalue weighted by atomic mass is 10.1. The second-order valence-corrected chi connectivity index (χ2v) is 6.07. The number of rotatable bonds is 4. The number of aromatic nitrogens is 1. The molecular formula is C21H16F4N2O. The van der Waals surface area contributed by atoms with Crippen LogP contribution in [-0.4, -0.2) is 10.5 Å². The van der Waals surface area contributed by atoms with Crippen LogP contribution in [0.2, 0.25) is 0 Å². The van der Waals surface area contributed by atoms with Crippen LogP contribution in [0.1, 0.15) is 21.5 Å². The fourth-order valence-corrected chi connectivity index (χ4v) is 2.73. The molecule has 7 heteroatoms. The minimum absolute atomic E-state index is 0.236. The molecule has 0 atom stereocenters. The van der Waals surface area contributed by atoms with Gasteiger partial charge in [0, 0.05) is 12.7 Å². The highest BCUT2D eigenvalue weighted by Crippen LogP contribution is 2.32. The number of aryl methyl sites for hydroxylation is 2. The summed E-state index contributed by atoms with van der Waals surface area (Å²) in [5.41, 5.74) is -0.882. The largest absolute Gasteiger partial charge is 0.419 e. The maximum atomic E-state index is 14.2. The molecule has 0 radical (unpaired) electrons. The summed E-state index contributed by atoms with van der Waals surface area (Å²) in [5, 5.41) is 0. The van der Waals surface area contributed by atoms with Gasteiger partial charge in [-0.1, -0.05) is 42.5 Å². The summed E-state index contributed by atoms with van der Waals surface area (Å²) in [6, 6.07) is 17.2. The van der Waals surface area contributed by atoms with Crippen LogP contribution in [0.3, 0.4) is 0 Å². The number of benzene rings is 2. The van der Waals surface area contributed by atoms with Gasteiger partial charge in [0.25, 0.3) is 5.91 Å². The van der Waals surface area contributed by atoms with Crippen molar-refractivity contribution in [2.75, 3.05) is 0 Å². The molecule has 0 saturated heterocycles. The fraction of sp³-hybridized carbons (Fsp3) is 0.143. The molecule has 1 heterocycles. The van der Waals surface area contributed by atoms with E-state index in [-0.39, 0.29) is 5.49 Å². The zero-order chi connectivity index (χ0) is 20.1. The predicted octanol–water partition coefficient (Wildman–Crippen LogP) is 4.63. The van der Waals surface area contributed by atoms with Gasteiger partial charge in [-0.15, -0.1) is 0 Å². The number of halogens is 4. The van der Waals surface area contributed by atoms with Crippen LogP contribution >= 0.6 is 0 Å². The normalized spacial score (nSPS) is 12.2. The van der Waals surface area contributed by atoms with E-state index in [1.165, 1.54) is 0 Å². The number of nitrogens with zero attached hydrogens (tertiary/aromatic N) is 2. The Hall–Kier alpha value is -3.22. The van der Waals surface area contributed by atoms with Crippen LogP contribution < -0.4 is 5.49 Å². The maximum absolute atomic E-state index is 14.2. The molecule has 3 rings (SSSR count). The third kappa shape index (κ3) is 4.54. The first-order chi connectivity index (χ1) is 13.4. The second kappa shape index (κ2) is 8.21. The van der Waals surface area contributed by atoms with Crippen molar-refractivity contribution < 1.29 is 22.4 Å². The molecule has 1 amide bonds. The molecule has 0 bridgehead atoms. The Balaban J connectivity index is 1.91. The first-order valence-electron chi connectivity index (χ1n) is 8.50. The van der Waals surface area contributed by atoms with Gasteiger partial charge in [0.2, 0.25) is 0 Å². The van der Waals surface area contributed by atoms with Gasteiger partial charge < -0.3 is 4.57 Å². The molecule has 0 fully saturated rings. The number of carbonyl (C=O) groups excluding carboxylic acids is 1. The molecule has 0 aliphatic rings. The van der Waals surface area contributed by atoms with Crippen molar-refractivity contribution in [2.45, 2.75) is 19.1 Å². The van der Waals surface area contributed by atoms with Gasteiger partial charge in [-0.05, 0) is 36.2 Å². The summed E-state index contributed by atoms with van der Waals surface area (Å²) in [5.74, 6) is -2.68. The zero-order valence-corrected chi connectivity index (χ0v) is 14.7. The van der Waals surface area contributed by atoms with E-state index >= 15 is 0 Å². The third-order valence-corrected chi connectivity index (χ3v) is 4.15. The summed E-state index contributed by atoms with van der Waals surface area (Å²) in [6.07, 6.45) is -2.51. The second-order valence-electron chi connectivity index (χ2n) is 6.07. The van der Waals surface area contributed by atoms with Gasteiger partial charge in [-0.25, -0.2) is 4.39 Å². The van der Waals surface area contributed by atoms with Crippen LogP contribution in [0.4, 0.5) is 17.6 Å². The molecule has 0 N–H and O–H groups in total. The molecule has 0 unspecified atom stereocenters. The van der Waals surface area contributed by atoms with E-state index in [1.54, 1.807) is 29.0 Å².